The molecule has 1 amide bonds. The highest BCUT2D eigenvalue weighted by Gasteiger charge is 2.22. The van der Waals surface area contributed by atoms with Crippen LogP contribution in [0.15, 0.2) is 24.3 Å². The van der Waals surface area contributed by atoms with E-state index in [1.54, 1.807) is 7.11 Å². The second-order valence-electron chi connectivity index (χ2n) is 4.94. The number of carbonyl (C=O) groups excluding carboxylic acids is 1. The fourth-order valence-electron chi connectivity index (χ4n) is 1.88. The van der Waals surface area contributed by atoms with Gasteiger partial charge in [0.25, 0.3) is 0 Å². The number of ether oxygens (including phenoxy) is 1. The predicted octanol–water partition coefficient (Wildman–Crippen LogP) is 1.50. The first kappa shape index (κ1) is 13.9. The first-order valence-corrected chi connectivity index (χ1v) is 6.91. The topological polar surface area (TPSA) is 50.4 Å². The summed E-state index contributed by atoms with van der Waals surface area (Å²) < 4.78 is 5.12. The molecule has 1 aromatic carbocycles. The second-order valence-corrected chi connectivity index (χ2v) is 4.94. The van der Waals surface area contributed by atoms with Crippen molar-refractivity contribution in [3.05, 3.63) is 29.8 Å². The van der Waals surface area contributed by atoms with Crippen molar-refractivity contribution in [2.24, 2.45) is 0 Å². The van der Waals surface area contributed by atoms with Crippen LogP contribution in [-0.4, -0.2) is 32.1 Å². The maximum Gasteiger partial charge on any atom is 0.221 e. The number of benzene rings is 1. The van der Waals surface area contributed by atoms with Crippen molar-refractivity contribution in [2.45, 2.75) is 31.7 Å². The molecule has 104 valence electrons. The lowest BCUT2D eigenvalue weighted by Crippen LogP contribution is -2.29. The highest BCUT2D eigenvalue weighted by atomic mass is 16.5. The Kier molecular flexibility index (Phi) is 5.21. The molecular formula is C15H22N2O2. The van der Waals surface area contributed by atoms with E-state index in [1.165, 1.54) is 5.56 Å². The maximum absolute atomic E-state index is 11.4. The molecule has 0 atom stereocenters. The van der Waals surface area contributed by atoms with E-state index in [9.17, 15) is 4.79 Å². The Bertz CT molecular complexity index is 399. The van der Waals surface area contributed by atoms with Crippen LogP contribution >= 0.6 is 0 Å². The van der Waals surface area contributed by atoms with Crippen molar-refractivity contribution in [1.29, 1.82) is 0 Å². The van der Waals surface area contributed by atoms with Crippen LogP contribution in [0.4, 0.5) is 0 Å². The summed E-state index contributed by atoms with van der Waals surface area (Å²) in [7, 11) is 1.67. The number of methoxy groups -OCH3 is 1. The summed E-state index contributed by atoms with van der Waals surface area (Å²) in [4.78, 5) is 11.4. The zero-order valence-corrected chi connectivity index (χ0v) is 11.4. The Morgan fingerprint density at radius 1 is 1.26 bits per heavy atom. The molecule has 4 nitrogen and oxygen atoms in total. The van der Waals surface area contributed by atoms with Crippen molar-refractivity contribution in [1.82, 2.24) is 10.6 Å². The third-order valence-corrected chi connectivity index (χ3v) is 3.22. The molecule has 2 rings (SSSR count). The molecule has 0 aliphatic heterocycles. The molecule has 0 unspecified atom stereocenters. The molecular weight excluding hydrogens is 240 g/mol. The van der Waals surface area contributed by atoms with Crippen LogP contribution in [0.1, 0.15) is 24.8 Å². The third kappa shape index (κ3) is 5.30. The minimum atomic E-state index is 0.166. The Labute approximate surface area is 114 Å². The average molecular weight is 262 g/mol. The van der Waals surface area contributed by atoms with Gasteiger partial charge in [0.2, 0.25) is 5.91 Å². The average Bonchev–Trinajstić information content (AvgIpc) is 3.23. The molecule has 0 bridgehead atoms. The van der Waals surface area contributed by atoms with Gasteiger partial charge in [-0.1, -0.05) is 12.1 Å². The van der Waals surface area contributed by atoms with Gasteiger partial charge in [-0.25, -0.2) is 0 Å². The minimum absolute atomic E-state index is 0.166. The van der Waals surface area contributed by atoms with E-state index < -0.39 is 0 Å². The normalized spacial score (nSPS) is 14.2. The quantitative estimate of drug-likeness (QED) is 0.698. The molecule has 1 saturated carbocycles. The summed E-state index contributed by atoms with van der Waals surface area (Å²) in [5, 5.41) is 6.28. The number of carbonyl (C=O) groups is 1. The van der Waals surface area contributed by atoms with Gasteiger partial charge in [0.05, 0.1) is 7.11 Å². The Hall–Kier alpha value is -1.55. The predicted molar refractivity (Wildman–Crippen MR) is 75.3 cm³/mol. The fraction of sp³-hybridized carbons (Fsp3) is 0.533. The van der Waals surface area contributed by atoms with E-state index in [0.717, 1.165) is 38.1 Å². The first-order chi connectivity index (χ1) is 9.28. The van der Waals surface area contributed by atoms with Gasteiger partial charge in [-0.15, -0.1) is 0 Å². The van der Waals surface area contributed by atoms with E-state index in [2.05, 4.69) is 22.8 Å². The summed E-state index contributed by atoms with van der Waals surface area (Å²) in [6.45, 7) is 1.64. The van der Waals surface area contributed by atoms with Crippen molar-refractivity contribution in [3.63, 3.8) is 0 Å². The van der Waals surface area contributed by atoms with Crippen LogP contribution < -0.4 is 15.4 Å². The fourth-order valence-corrected chi connectivity index (χ4v) is 1.88. The summed E-state index contributed by atoms with van der Waals surface area (Å²) in [6, 6.07) is 8.55. The maximum atomic E-state index is 11.4. The zero-order valence-electron chi connectivity index (χ0n) is 11.4. The van der Waals surface area contributed by atoms with Crippen molar-refractivity contribution >= 4 is 5.91 Å². The summed E-state index contributed by atoms with van der Waals surface area (Å²) in [5.41, 5.74) is 1.27. The van der Waals surface area contributed by atoms with Crippen molar-refractivity contribution in [3.8, 4) is 5.75 Å². The summed E-state index contributed by atoms with van der Waals surface area (Å²) >= 11 is 0. The van der Waals surface area contributed by atoms with Gasteiger partial charge >= 0.3 is 0 Å². The van der Waals surface area contributed by atoms with Gasteiger partial charge in [-0.3, -0.25) is 4.79 Å². The Morgan fingerprint density at radius 3 is 2.63 bits per heavy atom. The van der Waals surface area contributed by atoms with Gasteiger partial charge in [0.1, 0.15) is 5.75 Å². The molecule has 2 N–H and O–H groups in total. The molecule has 0 saturated heterocycles. The van der Waals surface area contributed by atoms with E-state index in [4.69, 9.17) is 4.74 Å². The lowest BCUT2D eigenvalue weighted by atomic mass is 10.1. The molecule has 4 heteroatoms. The number of nitrogens with one attached hydrogen (secondary N) is 2. The largest absolute Gasteiger partial charge is 0.497 e. The van der Waals surface area contributed by atoms with Gasteiger partial charge in [-0.2, -0.15) is 0 Å². The van der Waals surface area contributed by atoms with Gasteiger partial charge in [0.15, 0.2) is 0 Å². The molecule has 0 aromatic heterocycles. The smallest absolute Gasteiger partial charge is 0.221 e. The molecule has 1 aromatic rings. The standard InChI is InChI=1S/C15H22N2O2/c1-19-14-6-2-12(3-7-14)8-10-16-11-9-15(18)17-13-4-5-13/h2-3,6-7,13,16H,4-5,8-11H2,1H3,(H,17,18). The Balaban J connectivity index is 1.54. The van der Waals surface area contributed by atoms with Crippen LogP contribution in [0.25, 0.3) is 0 Å². The van der Waals surface area contributed by atoms with Crippen LogP contribution in [0.3, 0.4) is 0 Å². The van der Waals surface area contributed by atoms with Crippen molar-refractivity contribution in [2.75, 3.05) is 20.2 Å². The van der Waals surface area contributed by atoms with E-state index in [-0.39, 0.29) is 5.91 Å². The number of amides is 1. The Morgan fingerprint density at radius 2 is 2.00 bits per heavy atom. The highest BCUT2D eigenvalue weighted by Crippen LogP contribution is 2.18. The van der Waals surface area contributed by atoms with Gasteiger partial charge < -0.3 is 15.4 Å². The SMILES string of the molecule is COc1ccc(CCNCCC(=O)NC2CC2)cc1. The molecule has 0 spiro atoms. The van der Waals surface area contributed by atoms with E-state index in [1.807, 2.05) is 12.1 Å². The van der Waals surface area contributed by atoms with Gasteiger partial charge in [-0.05, 0) is 43.5 Å². The molecule has 19 heavy (non-hydrogen) atoms. The second kappa shape index (κ2) is 7.14. The van der Waals surface area contributed by atoms with Crippen LogP contribution in [0.2, 0.25) is 0 Å². The van der Waals surface area contributed by atoms with Crippen molar-refractivity contribution < 1.29 is 9.53 Å². The molecule has 0 heterocycles. The molecule has 1 aliphatic rings. The monoisotopic (exact) mass is 262 g/mol. The number of hydrogen-bond donors (Lipinski definition) is 2. The highest BCUT2D eigenvalue weighted by molar-refractivity contribution is 5.76. The summed E-state index contributed by atoms with van der Waals surface area (Å²) in [5.74, 6) is 1.05. The first-order valence-electron chi connectivity index (χ1n) is 6.91. The molecule has 0 radical (unpaired) electrons. The third-order valence-electron chi connectivity index (χ3n) is 3.22. The number of rotatable bonds is 8. The lowest BCUT2D eigenvalue weighted by Gasteiger charge is -2.06. The lowest BCUT2D eigenvalue weighted by molar-refractivity contribution is -0.121. The molecule has 1 aliphatic carbocycles. The summed E-state index contributed by atoms with van der Waals surface area (Å²) in [6.07, 6.45) is 3.83. The van der Waals surface area contributed by atoms with E-state index >= 15 is 0 Å². The minimum Gasteiger partial charge on any atom is -0.497 e. The molecule has 1 fully saturated rings. The van der Waals surface area contributed by atoms with Crippen LogP contribution in [0, 0.1) is 0 Å². The van der Waals surface area contributed by atoms with Crippen LogP contribution in [-0.2, 0) is 11.2 Å². The van der Waals surface area contributed by atoms with E-state index in [0.29, 0.717) is 12.5 Å². The number of hydrogen-bond acceptors (Lipinski definition) is 3. The van der Waals surface area contributed by atoms with Crippen LogP contribution in [0.5, 0.6) is 5.75 Å². The zero-order chi connectivity index (χ0) is 13.5. The van der Waals surface area contributed by atoms with Gasteiger partial charge in [0, 0.05) is 19.0 Å².